The van der Waals surface area contributed by atoms with Crippen molar-refractivity contribution in [1.29, 1.82) is 0 Å². The van der Waals surface area contributed by atoms with E-state index in [4.69, 9.17) is 12.3 Å². The molecule has 3 nitrogen and oxygen atoms in total. The van der Waals surface area contributed by atoms with Crippen LogP contribution in [0.2, 0.25) is 0 Å². The van der Waals surface area contributed by atoms with Gasteiger partial charge in [-0.05, 0) is 29.7 Å². The van der Waals surface area contributed by atoms with Crippen molar-refractivity contribution >= 4 is 5.69 Å². The molecule has 2 atom stereocenters. The van der Waals surface area contributed by atoms with Crippen molar-refractivity contribution in [3.05, 3.63) is 59.4 Å². The molecule has 1 aliphatic carbocycles. The van der Waals surface area contributed by atoms with Gasteiger partial charge >= 0.3 is 0 Å². The summed E-state index contributed by atoms with van der Waals surface area (Å²) in [4.78, 5) is 3.39. The summed E-state index contributed by atoms with van der Waals surface area (Å²) in [7, 11) is 0. The highest BCUT2D eigenvalue weighted by Crippen LogP contribution is 2.40. The maximum Gasteiger partial charge on any atom is 0.188 e. The molecule has 1 aliphatic rings. The van der Waals surface area contributed by atoms with E-state index in [0.29, 0.717) is 23.2 Å². The smallest absolute Gasteiger partial charge is 0.188 e. The van der Waals surface area contributed by atoms with Crippen LogP contribution >= 0.6 is 0 Å². The fourth-order valence-electron chi connectivity index (χ4n) is 2.33. The van der Waals surface area contributed by atoms with E-state index in [-0.39, 0.29) is 5.75 Å². The lowest BCUT2D eigenvalue weighted by molar-refractivity contribution is 0.477. The number of rotatable bonds is 2. The van der Waals surface area contributed by atoms with E-state index in [2.05, 4.69) is 17.0 Å². The second-order valence-corrected chi connectivity index (χ2v) is 4.94. The highest BCUT2D eigenvalue weighted by atomic mass is 16.3. The van der Waals surface area contributed by atoms with Crippen LogP contribution < -0.4 is 5.73 Å². The molecule has 0 aromatic heterocycles. The molecule has 1 fully saturated rings. The standard InChI is InChI=1S/C16H14N2O/c1-18-12-6-7-16(19)14(8-12)11-4-2-10(3-5-11)13-9-15(13)17/h2-8,13,15,19H,9,17H2/t13-,15+/m1/s1. The highest BCUT2D eigenvalue weighted by Gasteiger charge is 2.34. The molecule has 2 aromatic rings. The quantitative estimate of drug-likeness (QED) is 0.802. The summed E-state index contributed by atoms with van der Waals surface area (Å²) in [5.74, 6) is 0.681. The highest BCUT2D eigenvalue weighted by molar-refractivity contribution is 5.74. The van der Waals surface area contributed by atoms with Gasteiger partial charge in [0.25, 0.3) is 0 Å². The lowest BCUT2D eigenvalue weighted by Gasteiger charge is -2.07. The normalized spacial score (nSPS) is 20.8. The first-order valence-electron chi connectivity index (χ1n) is 6.25. The Kier molecular flexibility index (Phi) is 2.73. The third-order valence-corrected chi connectivity index (χ3v) is 3.60. The van der Waals surface area contributed by atoms with Crippen LogP contribution in [0.3, 0.4) is 0 Å². The Morgan fingerprint density at radius 3 is 2.42 bits per heavy atom. The summed E-state index contributed by atoms with van der Waals surface area (Å²) in [5, 5.41) is 9.89. The SMILES string of the molecule is [C-]#[N+]c1ccc(O)c(-c2ccc([C@H]3C[C@@H]3N)cc2)c1. The zero-order chi connectivity index (χ0) is 13.4. The number of phenols is 1. The number of nitrogens with zero attached hydrogens (tertiary/aromatic N) is 1. The van der Waals surface area contributed by atoms with Gasteiger partial charge in [-0.15, -0.1) is 0 Å². The number of nitrogens with two attached hydrogens (primary N) is 1. The zero-order valence-electron chi connectivity index (χ0n) is 10.4. The fraction of sp³-hybridized carbons (Fsp3) is 0.188. The third kappa shape index (κ3) is 2.18. The molecular formula is C16H14N2O. The number of phenolic OH excluding ortho intramolecular Hbond substituents is 1. The molecule has 94 valence electrons. The Hall–Kier alpha value is -2.31. The maximum absolute atomic E-state index is 9.89. The van der Waals surface area contributed by atoms with Crippen LogP contribution in [0.1, 0.15) is 17.9 Å². The number of hydrogen-bond donors (Lipinski definition) is 2. The van der Waals surface area contributed by atoms with Crippen LogP contribution in [-0.4, -0.2) is 11.1 Å². The minimum Gasteiger partial charge on any atom is -0.507 e. The molecular weight excluding hydrogens is 236 g/mol. The molecule has 3 heteroatoms. The summed E-state index contributed by atoms with van der Waals surface area (Å²) in [6.45, 7) is 7.02. The summed E-state index contributed by atoms with van der Waals surface area (Å²) >= 11 is 0. The maximum atomic E-state index is 9.89. The molecule has 3 N–H and O–H groups in total. The minimum absolute atomic E-state index is 0.197. The van der Waals surface area contributed by atoms with E-state index in [9.17, 15) is 5.11 Å². The van der Waals surface area contributed by atoms with Crippen LogP contribution in [0.25, 0.3) is 16.0 Å². The largest absolute Gasteiger partial charge is 0.507 e. The van der Waals surface area contributed by atoms with E-state index in [0.717, 1.165) is 12.0 Å². The first kappa shape index (κ1) is 11.8. The molecule has 0 spiro atoms. The lowest BCUT2D eigenvalue weighted by Crippen LogP contribution is -2.00. The molecule has 1 saturated carbocycles. The average molecular weight is 250 g/mol. The molecule has 3 rings (SSSR count). The molecule has 0 bridgehead atoms. The van der Waals surface area contributed by atoms with Gasteiger partial charge in [0.2, 0.25) is 0 Å². The van der Waals surface area contributed by atoms with Crippen molar-refractivity contribution in [2.45, 2.75) is 18.4 Å². The second kappa shape index (κ2) is 4.42. The van der Waals surface area contributed by atoms with Gasteiger partial charge in [0.15, 0.2) is 5.69 Å². The summed E-state index contributed by atoms with van der Waals surface area (Å²) in [6.07, 6.45) is 1.05. The average Bonchev–Trinajstić information content (AvgIpc) is 3.17. The minimum atomic E-state index is 0.197. The number of benzene rings is 2. The lowest BCUT2D eigenvalue weighted by atomic mass is 10.0. The van der Waals surface area contributed by atoms with Gasteiger partial charge in [0.05, 0.1) is 6.57 Å². The Morgan fingerprint density at radius 1 is 1.16 bits per heavy atom. The van der Waals surface area contributed by atoms with E-state index in [1.807, 2.05) is 12.1 Å². The Balaban J connectivity index is 1.96. The predicted molar refractivity (Wildman–Crippen MR) is 75.1 cm³/mol. The third-order valence-electron chi connectivity index (χ3n) is 3.60. The summed E-state index contributed by atoms with van der Waals surface area (Å²) in [6, 6.07) is 13.2. The van der Waals surface area contributed by atoms with Crippen molar-refractivity contribution in [1.82, 2.24) is 0 Å². The fourth-order valence-corrected chi connectivity index (χ4v) is 2.33. The topological polar surface area (TPSA) is 50.6 Å². The van der Waals surface area contributed by atoms with E-state index in [1.165, 1.54) is 5.56 Å². The first-order chi connectivity index (χ1) is 9.19. The Labute approximate surface area is 112 Å². The first-order valence-corrected chi connectivity index (χ1v) is 6.25. The molecule has 0 heterocycles. The van der Waals surface area contributed by atoms with Gasteiger partial charge in [-0.2, -0.15) is 0 Å². The van der Waals surface area contributed by atoms with Gasteiger partial charge in [-0.1, -0.05) is 30.3 Å². The molecule has 2 aromatic carbocycles. The Bertz CT molecular complexity index is 655. The van der Waals surface area contributed by atoms with Gasteiger partial charge in [-0.3, -0.25) is 0 Å². The monoisotopic (exact) mass is 250 g/mol. The summed E-state index contributed by atoms with van der Waals surface area (Å²) < 4.78 is 0. The Morgan fingerprint density at radius 2 is 1.84 bits per heavy atom. The van der Waals surface area contributed by atoms with E-state index in [1.54, 1.807) is 18.2 Å². The molecule has 0 amide bonds. The number of hydrogen-bond acceptors (Lipinski definition) is 2. The van der Waals surface area contributed by atoms with Crippen molar-refractivity contribution in [3.8, 4) is 16.9 Å². The van der Waals surface area contributed by atoms with Gasteiger partial charge in [-0.25, -0.2) is 4.85 Å². The molecule has 19 heavy (non-hydrogen) atoms. The van der Waals surface area contributed by atoms with Crippen LogP contribution in [-0.2, 0) is 0 Å². The van der Waals surface area contributed by atoms with Crippen LogP contribution in [0.4, 0.5) is 5.69 Å². The molecule has 0 aliphatic heterocycles. The van der Waals surface area contributed by atoms with Gasteiger partial charge in [0.1, 0.15) is 5.75 Å². The van der Waals surface area contributed by atoms with Gasteiger partial charge < -0.3 is 10.8 Å². The zero-order valence-corrected chi connectivity index (χ0v) is 10.4. The van der Waals surface area contributed by atoms with Crippen LogP contribution in [0.15, 0.2) is 42.5 Å². The molecule has 0 saturated heterocycles. The van der Waals surface area contributed by atoms with Crippen molar-refractivity contribution < 1.29 is 5.11 Å². The van der Waals surface area contributed by atoms with Crippen LogP contribution in [0, 0.1) is 6.57 Å². The van der Waals surface area contributed by atoms with Crippen LogP contribution in [0.5, 0.6) is 5.75 Å². The van der Waals surface area contributed by atoms with E-state index >= 15 is 0 Å². The predicted octanol–water partition coefficient (Wildman–Crippen LogP) is 3.42. The molecule has 0 radical (unpaired) electrons. The van der Waals surface area contributed by atoms with Gasteiger partial charge in [0, 0.05) is 17.5 Å². The van der Waals surface area contributed by atoms with Crippen molar-refractivity contribution in [3.63, 3.8) is 0 Å². The number of aromatic hydroxyl groups is 1. The summed E-state index contributed by atoms with van der Waals surface area (Å²) in [5.41, 5.74) is 9.22. The second-order valence-electron chi connectivity index (χ2n) is 4.94. The van der Waals surface area contributed by atoms with Crippen molar-refractivity contribution in [2.75, 3.05) is 0 Å². The van der Waals surface area contributed by atoms with E-state index < -0.39 is 0 Å². The van der Waals surface area contributed by atoms with Crippen molar-refractivity contribution in [2.24, 2.45) is 5.73 Å². The molecule has 0 unspecified atom stereocenters.